The van der Waals surface area contributed by atoms with Crippen molar-refractivity contribution in [2.45, 2.75) is 104 Å². The maximum atomic E-state index is 12.8. The third-order valence-electron chi connectivity index (χ3n) is 5.62. The largest absolute Gasteiger partial charge is 0.370 e. The van der Waals surface area contributed by atoms with Crippen molar-refractivity contribution in [2.75, 3.05) is 6.54 Å². The number of urea groups is 1. The van der Waals surface area contributed by atoms with E-state index in [-0.39, 0.29) is 23.4 Å². The zero-order valence-electron chi connectivity index (χ0n) is 21.8. The van der Waals surface area contributed by atoms with Crippen LogP contribution in [0.5, 0.6) is 0 Å². The number of benzene rings is 1. The Bertz CT molecular complexity index is 751. The van der Waals surface area contributed by atoms with Gasteiger partial charge in [-0.3, -0.25) is 9.59 Å². The summed E-state index contributed by atoms with van der Waals surface area (Å²) in [7, 11) is 0. The number of rotatable bonds is 5. The minimum absolute atomic E-state index is 0.0714. The number of likely N-dealkylation sites (tertiary alicyclic amines) is 1. The van der Waals surface area contributed by atoms with E-state index >= 15 is 0 Å². The van der Waals surface area contributed by atoms with Crippen LogP contribution in [0.1, 0.15) is 79.2 Å². The first-order chi connectivity index (χ1) is 16.0. The molecular weight excluding hydrogens is 430 g/mol. The Morgan fingerprint density at radius 2 is 1.59 bits per heavy atom. The van der Waals surface area contributed by atoms with Crippen LogP contribution in [-0.4, -0.2) is 53.0 Å². The van der Waals surface area contributed by atoms with Gasteiger partial charge in [0.05, 0.1) is 0 Å². The number of amides is 4. The van der Waals surface area contributed by atoms with Gasteiger partial charge in [0.1, 0.15) is 6.04 Å². The SMILES string of the molecule is CC.CC(C)(C)NC1CCC(N2CCC(NC(=O)NCc3ccccc3)C2=O)CC1.CC(N)=O. The molecule has 1 aliphatic carbocycles. The molecule has 0 bridgehead atoms. The summed E-state index contributed by atoms with van der Waals surface area (Å²) in [6.07, 6.45) is 4.96. The van der Waals surface area contributed by atoms with Gasteiger partial charge in [-0.25, -0.2) is 4.79 Å². The van der Waals surface area contributed by atoms with E-state index in [9.17, 15) is 14.4 Å². The number of nitrogens with zero attached hydrogens (tertiary/aromatic N) is 1. The van der Waals surface area contributed by atoms with Crippen molar-refractivity contribution in [2.24, 2.45) is 5.73 Å². The molecule has 0 spiro atoms. The van der Waals surface area contributed by atoms with Crippen molar-refractivity contribution in [1.29, 1.82) is 0 Å². The molecule has 1 atom stereocenters. The summed E-state index contributed by atoms with van der Waals surface area (Å²) in [6.45, 7) is 13.1. The van der Waals surface area contributed by atoms with E-state index in [0.29, 0.717) is 25.0 Å². The molecule has 8 nitrogen and oxygen atoms in total. The van der Waals surface area contributed by atoms with E-state index in [4.69, 9.17) is 0 Å². The van der Waals surface area contributed by atoms with Crippen LogP contribution in [0.4, 0.5) is 4.79 Å². The fraction of sp³-hybridized carbons (Fsp3) is 0.654. The van der Waals surface area contributed by atoms with Crippen LogP contribution in [0.3, 0.4) is 0 Å². The number of carbonyl (C=O) groups is 3. The monoisotopic (exact) mass is 475 g/mol. The number of primary amides is 1. The standard InChI is InChI=1S/C22H34N4O2.C2H5NO.C2H6/c1-22(2,3)25-17-9-11-18(12-10-17)26-14-13-19(20(26)27)24-21(28)23-15-16-7-5-4-6-8-16;1-2(3)4;1-2/h4-8,17-19,25H,9-15H2,1-3H3,(H2,23,24,28);1H3,(H2,3,4);1-2H3. The number of nitrogens with two attached hydrogens (primary N) is 1. The molecule has 1 heterocycles. The zero-order chi connectivity index (χ0) is 25.7. The van der Waals surface area contributed by atoms with Gasteiger partial charge in [0, 0.05) is 37.6 Å². The Morgan fingerprint density at radius 1 is 1.03 bits per heavy atom. The van der Waals surface area contributed by atoms with Crippen LogP contribution in [0.2, 0.25) is 0 Å². The fourth-order valence-electron chi connectivity index (χ4n) is 4.33. The Balaban J connectivity index is 0.000000872. The van der Waals surface area contributed by atoms with E-state index in [1.165, 1.54) is 6.92 Å². The van der Waals surface area contributed by atoms with Gasteiger partial charge in [-0.05, 0) is 58.4 Å². The van der Waals surface area contributed by atoms with E-state index < -0.39 is 6.04 Å². The summed E-state index contributed by atoms with van der Waals surface area (Å²) in [5.41, 5.74) is 5.64. The van der Waals surface area contributed by atoms with Gasteiger partial charge in [0.2, 0.25) is 11.8 Å². The average Bonchev–Trinajstić information content (AvgIpc) is 3.13. The third kappa shape index (κ3) is 11.0. The number of carbonyl (C=O) groups excluding carboxylic acids is 3. The van der Waals surface area contributed by atoms with Gasteiger partial charge >= 0.3 is 6.03 Å². The minimum Gasteiger partial charge on any atom is -0.370 e. The normalized spacial score (nSPS) is 22.0. The lowest BCUT2D eigenvalue weighted by Gasteiger charge is -2.37. The molecular formula is C26H45N5O3. The number of hydrogen-bond donors (Lipinski definition) is 4. The van der Waals surface area contributed by atoms with Crippen LogP contribution in [0.25, 0.3) is 0 Å². The Morgan fingerprint density at radius 3 is 2.12 bits per heavy atom. The average molecular weight is 476 g/mol. The fourth-order valence-corrected chi connectivity index (χ4v) is 4.33. The maximum Gasteiger partial charge on any atom is 0.315 e. The van der Waals surface area contributed by atoms with Crippen LogP contribution < -0.4 is 21.7 Å². The molecule has 0 aromatic heterocycles. The van der Waals surface area contributed by atoms with E-state index in [1.54, 1.807) is 0 Å². The highest BCUT2D eigenvalue weighted by Crippen LogP contribution is 2.27. The Labute approximate surface area is 205 Å². The summed E-state index contributed by atoms with van der Waals surface area (Å²) in [4.78, 5) is 36.2. The molecule has 8 heteroatoms. The maximum absolute atomic E-state index is 12.8. The van der Waals surface area contributed by atoms with E-state index in [0.717, 1.165) is 37.8 Å². The van der Waals surface area contributed by atoms with Crippen LogP contribution in [0.15, 0.2) is 30.3 Å². The minimum atomic E-state index is -0.402. The molecule has 3 rings (SSSR count). The topological polar surface area (TPSA) is 117 Å². The summed E-state index contributed by atoms with van der Waals surface area (Å²) >= 11 is 0. The third-order valence-corrected chi connectivity index (χ3v) is 5.62. The smallest absolute Gasteiger partial charge is 0.315 e. The van der Waals surface area contributed by atoms with Crippen molar-refractivity contribution >= 4 is 17.8 Å². The number of nitrogens with one attached hydrogen (secondary N) is 3. The highest BCUT2D eigenvalue weighted by atomic mass is 16.2. The molecule has 1 aromatic carbocycles. The van der Waals surface area contributed by atoms with Gasteiger partial charge in [-0.2, -0.15) is 0 Å². The lowest BCUT2D eigenvalue weighted by Crippen LogP contribution is -2.50. The Hall–Kier alpha value is -2.61. The predicted molar refractivity (Wildman–Crippen MR) is 137 cm³/mol. The molecule has 34 heavy (non-hydrogen) atoms. The zero-order valence-corrected chi connectivity index (χ0v) is 21.8. The second-order valence-electron chi connectivity index (χ2n) is 9.70. The molecule has 2 fully saturated rings. The van der Waals surface area contributed by atoms with E-state index in [1.807, 2.05) is 49.1 Å². The van der Waals surface area contributed by atoms with E-state index in [2.05, 4.69) is 42.5 Å². The highest BCUT2D eigenvalue weighted by molar-refractivity contribution is 5.88. The molecule has 2 aliphatic rings. The molecule has 1 saturated carbocycles. The molecule has 4 amide bonds. The molecule has 1 saturated heterocycles. The summed E-state index contributed by atoms with van der Waals surface area (Å²) in [5, 5.41) is 9.37. The van der Waals surface area contributed by atoms with Crippen molar-refractivity contribution in [1.82, 2.24) is 20.9 Å². The summed E-state index contributed by atoms with van der Waals surface area (Å²) in [5.74, 6) is -0.262. The molecule has 1 aromatic rings. The van der Waals surface area contributed by atoms with Gasteiger partial charge in [0.15, 0.2) is 0 Å². The van der Waals surface area contributed by atoms with Crippen molar-refractivity contribution in [3.63, 3.8) is 0 Å². The Kier molecular flexibility index (Phi) is 12.6. The molecule has 1 aliphatic heterocycles. The van der Waals surface area contributed by atoms with Gasteiger partial charge in [-0.1, -0.05) is 44.2 Å². The summed E-state index contributed by atoms with van der Waals surface area (Å²) in [6, 6.07) is 9.93. The quantitative estimate of drug-likeness (QED) is 0.523. The van der Waals surface area contributed by atoms with Crippen LogP contribution in [0, 0.1) is 0 Å². The number of hydrogen-bond acceptors (Lipinski definition) is 4. The van der Waals surface area contributed by atoms with Gasteiger partial charge in [-0.15, -0.1) is 0 Å². The second kappa shape index (κ2) is 14.6. The van der Waals surface area contributed by atoms with Gasteiger partial charge in [0.25, 0.3) is 0 Å². The van der Waals surface area contributed by atoms with Crippen LogP contribution >= 0.6 is 0 Å². The first-order valence-corrected chi connectivity index (χ1v) is 12.5. The van der Waals surface area contributed by atoms with Crippen molar-refractivity contribution in [3.8, 4) is 0 Å². The first-order valence-electron chi connectivity index (χ1n) is 12.5. The molecule has 0 radical (unpaired) electrons. The molecule has 1 unspecified atom stereocenters. The van der Waals surface area contributed by atoms with Crippen LogP contribution in [-0.2, 0) is 16.1 Å². The highest BCUT2D eigenvalue weighted by Gasteiger charge is 2.38. The lowest BCUT2D eigenvalue weighted by molar-refractivity contribution is -0.131. The summed E-state index contributed by atoms with van der Waals surface area (Å²) < 4.78 is 0. The predicted octanol–water partition coefficient (Wildman–Crippen LogP) is 3.30. The van der Waals surface area contributed by atoms with Gasteiger partial charge < -0.3 is 26.6 Å². The molecule has 192 valence electrons. The molecule has 5 N–H and O–H groups in total. The van der Waals surface area contributed by atoms with Crippen molar-refractivity contribution in [3.05, 3.63) is 35.9 Å². The second-order valence-corrected chi connectivity index (χ2v) is 9.70. The first kappa shape index (κ1) is 29.4. The lowest BCUT2D eigenvalue weighted by atomic mass is 9.89. The van der Waals surface area contributed by atoms with Crippen molar-refractivity contribution < 1.29 is 14.4 Å².